The monoisotopic (exact) mass is 401 g/mol. The number of amides is 2. The van der Waals surface area contributed by atoms with E-state index < -0.39 is 0 Å². The van der Waals surface area contributed by atoms with E-state index in [4.69, 9.17) is 4.42 Å². The fourth-order valence-corrected chi connectivity index (χ4v) is 5.32. The number of carbonyl (C=O) groups is 2. The van der Waals surface area contributed by atoms with E-state index in [1.807, 2.05) is 12.1 Å². The Kier molecular flexibility index (Phi) is 6.90. The lowest BCUT2D eigenvalue weighted by molar-refractivity contribution is -0.138. The van der Waals surface area contributed by atoms with Gasteiger partial charge in [-0.2, -0.15) is 0 Å². The van der Waals surface area contributed by atoms with Gasteiger partial charge in [0.05, 0.1) is 12.8 Å². The zero-order chi connectivity index (χ0) is 20.1. The number of furan rings is 1. The number of nitrogens with zero attached hydrogens (tertiary/aromatic N) is 2. The molecule has 2 amide bonds. The Labute approximate surface area is 174 Å². The van der Waals surface area contributed by atoms with Crippen LogP contribution >= 0.6 is 0 Å². The summed E-state index contributed by atoms with van der Waals surface area (Å²) in [6.45, 7) is 4.26. The Balaban J connectivity index is 1.17. The highest BCUT2D eigenvalue weighted by molar-refractivity contribution is 5.79. The van der Waals surface area contributed by atoms with Gasteiger partial charge >= 0.3 is 0 Å². The molecule has 6 nitrogen and oxygen atoms in total. The highest BCUT2D eigenvalue weighted by atomic mass is 16.3. The van der Waals surface area contributed by atoms with Gasteiger partial charge < -0.3 is 19.5 Å². The number of carbonyl (C=O) groups excluding carboxylic acids is 2. The molecule has 3 fully saturated rings. The van der Waals surface area contributed by atoms with Crippen molar-refractivity contribution in [1.82, 2.24) is 15.1 Å². The summed E-state index contributed by atoms with van der Waals surface area (Å²) in [5, 5.41) is 3.00. The molecule has 0 bridgehead atoms. The van der Waals surface area contributed by atoms with Crippen molar-refractivity contribution in [2.24, 2.45) is 11.8 Å². The Morgan fingerprint density at radius 3 is 2.31 bits per heavy atom. The molecule has 1 saturated carbocycles. The van der Waals surface area contributed by atoms with Crippen molar-refractivity contribution >= 4 is 11.8 Å². The van der Waals surface area contributed by atoms with Crippen LogP contribution in [0.25, 0.3) is 0 Å². The molecule has 1 aromatic rings. The maximum absolute atomic E-state index is 12.8. The van der Waals surface area contributed by atoms with E-state index in [1.165, 1.54) is 19.3 Å². The average Bonchev–Trinajstić information content (AvgIpc) is 3.31. The first-order valence-electron chi connectivity index (χ1n) is 11.5. The van der Waals surface area contributed by atoms with E-state index in [1.54, 1.807) is 6.26 Å². The highest BCUT2D eigenvalue weighted by Crippen LogP contribution is 2.28. The largest absolute Gasteiger partial charge is 0.467 e. The predicted octanol–water partition coefficient (Wildman–Crippen LogP) is 3.18. The smallest absolute Gasteiger partial charge is 0.225 e. The number of hydrogen-bond acceptors (Lipinski definition) is 4. The predicted molar refractivity (Wildman–Crippen MR) is 111 cm³/mol. The summed E-state index contributed by atoms with van der Waals surface area (Å²) in [5.74, 6) is 1.75. The summed E-state index contributed by atoms with van der Waals surface area (Å²) in [5.41, 5.74) is 0. The van der Waals surface area contributed by atoms with E-state index in [-0.39, 0.29) is 17.7 Å². The summed E-state index contributed by atoms with van der Waals surface area (Å²) < 4.78 is 5.28. The molecule has 4 rings (SSSR count). The molecule has 1 N–H and O–H groups in total. The van der Waals surface area contributed by atoms with Gasteiger partial charge in [-0.15, -0.1) is 0 Å². The maximum atomic E-state index is 12.8. The van der Waals surface area contributed by atoms with Crippen LogP contribution in [0.2, 0.25) is 0 Å². The van der Waals surface area contributed by atoms with Crippen LogP contribution in [0.3, 0.4) is 0 Å². The molecule has 0 spiro atoms. The van der Waals surface area contributed by atoms with Crippen LogP contribution in [0.1, 0.15) is 63.5 Å². The lowest BCUT2D eigenvalue weighted by Crippen LogP contribution is -2.51. The van der Waals surface area contributed by atoms with Gasteiger partial charge in [-0.3, -0.25) is 9.59 Å². The molecule has 3 aliphatic rings. The number of hydrogen-bond donors (Lipinski definition) is 1. The molecule has 3 heterocycles. The molecule has 2 aliphatic heterocycles. The first-order valence-corrected chi connectivity index (χ1v) is 11.5. The fraction of sp³-hybridized carbons (Fsp3) is 0.739. The minimum atomic E-state index is 0.106. The fourth-order valence-electron chi connectivity index (χ4n) is 5.32. The minimum absolute atomic E-state index is 0.106. The first-order chi connectivity index (χ1) is 14.2. The average molecular weight is 402 g/mol. The van der Waals surface area contributed by atoms with E-state index >= 15 is 0 Å². The minimum Gasteiger partial charge on any atom is -0.467 e. The second kappa shape index (κ2) is 9.79. The quantitative estimate of drug-likeness (QED) is 0.823. The topological polar surface area (TPSA) is 65.8 Å². The molecule has 0 aromatic carbocycles. The number of rotatable bonds is 5. The molecule has 0 atom stereocenters. The van der Waals surface area contributed by atoms with Crippen LogP contribution in [0.15, 0.2) is 22.8 Å². The van der Waals surface area contributed by atoms with Gasteiger partial charge in [0, 0.05) is 31.0 Å². The summed E-state index contributed by atoms with van der Waals surface area (Å²) in [7, 11) is 0. The molecule has 1 aliphatic carbocycles. The van der Waals surface area contributed by atoms with Gasteiger partial charge in [0.2, 0.25) is 11.8 Å². The van der Waals surface area contributed by atoms with Crippen LogP contribution in [0.4, 0.5) is 0 Å². The zero-order valence-corrected chi connectivity index (χ0v) is 17.5. The van der Waals surface area contributed by atoms with Crippen molar-refractivity contribution in [2.45, 2.75) is 70.4 Å². The van der Waals surface area contributed by atoms with Crippen molar-refractivity contribution in [3.63, 3.8) is 0 Å². The molecule has 1 aromatic heterocycles. The summed E-state index contributed by atoms with van der Waals surface area (Å²) in [6, 6.07) is 4.29. The summed E-state index contributed by atoms with van der Waals surface area (Å²) in [4.78, 5) is 29.9. The highest BCUT2D eigenvalue weighted by Gasteiger charge is 2.33. The standard InChI is InChI=1S/C23H35N3O3/c27-22(24-17-21-7-4-16-29-21)18-8-12-25(13-9-18)20-10-14-26(15-11-20)23(28)19-5-2-1-3-6-19/h4,7,16,18-20H,1-3,5-6,8-15,17H2,(H,24,27). The van der Waals surface area contributed by atoms with Gasteiger partial charge in [0.1, 0.15) is 5.76 Å². The summed E-state index contributed by atoms with van der Waals surface area (Å²) in [6.07, 6.45) is 11.5. The van der Waals surface area contributed by atoms with Crippen molar-refractivity contribution in [2.75, 3.05) is 26.2 Å². The maximum Gasteiger partial charge on any atom is 0.225 e. The van der Waals surface area contributed by atoms with Gasteiger partial charge in [-0.25, -0.2) is 0 Å². The van der Waals surface area contributed by atoms with Crippen LogP contribution < -0.4 is 5.32 Å². The molecule has 0 unspecified atom stereocenters. The van der Waals surface area contributed by atoms with Gasteiger partial charge in [-0.1, -0.05) is 19.3 Å². The molecule has 0 radical (unpaired) electrons. The first kappa shape index (κ1) is 20.5. The third-order valence-electron chi connectivity index (χ3n) is 7.16. The lowest BCUT2D eigenvalue weighted by Gasteiger charge is -2.42. The Morgan fingerprint density at radius 2 is 1.66 bits per heavy atom. The van der Waals surface area contributed by atoms with Crippen molar-refractivity contribution < 1.29 is 14.0 Å². The van der Waals surface area contributed by atoms with Crippen LogP contribution in [0.5, 0.6) is 0 Å². The molecular formula is C23H35N3O3. The third kappa shape index (κ3) is 5.21. The Bertz CT molecular complexity index is 653. The van der Waals surface area contributed by atoms with Crippen molar-refractivity contribution in [3.8, 4) is 0 Å². The Morgan fingerprint density at radius 1 is 0.931 bits per heavy atom. The van der Waals surface area contributed by atoms with Crippen molar-refractivity contribution in [1.29, 1.82) is 0 Å². The Hall–Kier alpha value is -1.82. The molecular weight excluding hydrogens is 366 g/mol. The summed E-state index contributed by atoms with van der Waals surface area (Å²) >= 11 is 0. The normalized spacial score (nSPS) is 23.2. The van der Waals surface area contributed by atoms with Crippen LogP contribution in [-0.2, 0) is 16.1 Å². The molecule has 29 heavy (non-hydrogen) atoms. The van der Waals surface area contributed by atoms with Crippen LogP contribution in [0, 0.1) is 11.8 Å². The second-order valence-electron chi connectivity index (χ2n) is 9.00. The lowest BCUT2D eigenvalue weighted by atomic mass is 9.87. The van der Waals surface area contributed by atoms with E-state index in [9.17, 15) is 9.59 Å². The SMILES string of the molecule is O=C(NCc1ccco1)C1CCN(C2CCN(C(=O)C3CCCCC3)CC2)CC1. The second-order valence-corrected chi connectivity index (χ2v) is 9.00. The third-order valence-corrected chi connectivity index (χ3v) is 7.16. The van der Waals surface area contributed by atoms with Gasteiger partial charge in [0.25, 0.3) is 0 Å². The van der Waals surface area contributed by atoms with Crippen LogP contribution in [-0.4, -0.2) is 53.8 Å². The molecule has 160 valence electrons. The van der Waals surface area contributed by atoms with Gasteiger partial charge in [0.15, 0.2) is 0 Å². The van der Waals surface area contributed by atoms with E-state index in [2.05, 4.69) is 15.1 Å². The zero-order valence-electron chi connectivity index (χ0n) is 17.5. The van der Waals surface area contributed by atoms with E-state index in [0.717, 1.165) is 70.5 Å². The van der Waals surface area contributed by atoms with Gasteiger partial charge in [-0.05, 0) is 63.7 Å². The van der Waals surface area contributed by atoms with Crippen molar-refractivity contribution in [3.05, 3.63) is 24.2 Å². The number of likely N-dealkylation sites (tertiary alicyclic amines) is 2. The number of piperidine rings is 2. The molecule has 2 saturated heterocycles. The molecule has 6 heteroatoms. The van der Waals surface area contributed by atoms with E-state index in [0.29, 0.717) is 18.5 Å². The number of nitrogens with one attached hydrogen (secondary N) is 1.